The van der Waals surface area contributed by atoms with Gasteiger partial charge in [0.1, 0.15) is 5.75 Å². The molecule has 0 amide bonds. The Balaban J connectivity index is 3.47. The lowest BCUT2D eigenvalue weighted by molar-refractivity contribution is 0.324. The minimum atomic E-state index is -0.0614. The van der Waals surface area contributed by atoms with E-state index in [4.69, 9.17) is 16.3 Å². The average Bonchev–Trinajstić information content (AvgIpc) is 2.32. The molecule has 0 radical (unpaired) electrons. The Morgan fingerprint density at radius 1 is 1.39 bits per heavy atom. The lowest BCUT2D eigenvalue weighted by Gasteiger charge is -2.32. The molecule has 0 aliphatic carbocycles. The molecule has 102 valence electrons. The van der Waals surface area contributed by atoms with Crippen molar-refractivity contribution in [3.05, 3.63) is 27.2 Å². The Labute approximate surface area is 124 Å². The Kier molecular flexibility index (Phi) is 5.13. The van der Waals surface area contributed by atoms with Crippen LogP contribution >= 0.6 is 27.5 Å². The van der Waals surface area contributed by atoms with Crippen molar-refractivity contribution in [2.45, 2.75) is 46.4 Å². The van der Waals surface area contributed by atoms with E-state index in [1.807, 2.05) is 0 Å². The smallest absolute Gasteiger partial charge is 0.126 e. The van der Waals surface area contributed by atoms with Crippen molar-refractivity contribution in [3.63, 3.8) is 0 Å². The highest BCUT2D eigenvalue weighted by atomic mass is 79.9. The van der Waals surface area contributed by atoms with Crippen LogP contribution < -0.4 is 4.74 Å². The SMILES string of the molecule is CCC(C)(C)C(Cl)c1c(C)c(Br)cc(C)c1OC. The first-order valence-electron chi connectivity index (χ1n) is 6.23. The molecular formula is C15H22BrClO. The molecule has 0 bridgehead atoms. The van der Waals surface area contributed by atoms with E-state index in [2.05, 4.69) is 56.6 Å². The third-order valence-electron chi connectivity index (χ3n) is 3.76. The van der Waals surface area contributed by atoms with Crippen LogP contribution in [0.3, 0.4) is 0 Å². The van der Waals surface area contributed by atoms with Crippen molar-refractivity contribution in [1.29, 1.82) is 0 Å². The molecule has 0 aliphatic rings. The summed E-state index contributed by atoms with van der Waals surface area (Å²) in [5, 5.41) is -0.0614. The molecule has 0 saturated carbocycles. The maximum atomic E-state index is 6.73. The van der Waals surface area contributed by atoms with Crippen LogP contribution in [0, 0.1) is 19.3 Å². The summed E-state index contributed by atoms with van der Waals surface area (Å²) in [6, 6.07) is 2.08. The zero-order chi connectivity index (χ0) is 14.1. The van der Waals surface area contributed by atoms with Crippen LogP contribution in [-0.4, -0.2) is 7.11 Å². The predicted molar refractivity (Wildman–Crippen MR) is 82.8 cm³/mol. The minimum absolute atomic E-state index is 0.0346. The molecule has 0 saturated heterocycles. The molecule has 1 unspecified atom stereocenters. The fraction of sp³-hybridized carbons (Fsp3) is 0.600. The first-order chi connectivity index (χ1) is 8.26. The third-order valence-corrected chi connectivity index (χ3v) is 5.40. The molecule has 3 heteroatoms. The summed E-state index contributed by atoms with van der Waals surface area (Å²) in [4.78, 5) is 0. The second-order valence-electron chi connectivity index (χ2n) is 5.45. The van der Waals surface area contributed by atoms with Crippen molar-refractivity contribution in [3.8, 4) is 5.75 Å². The summed E-state index contributed by atoms with van der Waals surface area (Å²) >= 11 is 10.3. The van der Waals surface area contributed by atoms with Gasteiger partial charge >= 0.3 is 0 Å². The number of hydrogen-bond acceptors (Lipinski definition) is 1. The number of ether oxygens (including phenoxy) is 1. The van der Waals surface area contributed by atoms with E-state index in [0.29, 0.717) is 0 Å². The van der Waals surface area contributed by atoms with Crippen LogP contribution in [0.15, 0.2) is 10.5 Å². The molecule has 18 heavy (non-hydrogen) atoms. The Morgan fingerprint density at radius 2 is 1.94 bits per heavy atom. The lowest BCUT2D eigenvalue weighted by Crippen LogP contribution is -2.19. The van der Waals surface area contributed by atoms with Gasteiger partial charge in [0, 0.05) is 10.0 Å². The van der Waals surface area contributed by atoms with E-state index in [0.717, 1.165) is 27.8 Å². The van der Waals surface area contributed by atoms with Crippen LogP contribution in [0.25, 0.3) is 0 Å². The fourth-order valence-corrected chi connectivity index (χ4v) is 3.00. The standard InChI is InChI=1S/C15H22BrClO/c1-7-15(4,5)14(17)12-10(3)11(16)8-9(2)13(12)18-6/h8,14H,7H2,1-6H3. The number of aryl methyl sites for hydroxylation is 1. The summed E-state index contributed by atoms with van der Waals surface area (Å²) in [6.45, 7) is 10.7. The third kappa shape index (κ3) is 2.85. The van der Waals surface area contributed by atoms with Gasteiger partial charge in [-0.1, -0.05) is 36.7 Å². The van der Waals surface area contributed by atoms with Crippen molar-refractivity contribution < 1.29 is 4.74 Å². The summed E-state index contributed by atoms with van der Waals surface area (Å²) in [5.41, 5.74) is 3.42. The number of hydrogen-bond donors (Lipinski definition) is 0. The fourth-order valence-electron chi connectivity index (χ4n) is 2.02. The highest BCUT2D eigenvalue weighted by Crippen LogP contribution is 2.48. The largest absolute Gasteiger partial charge is 0.496 e. The van der Waals surface area contributed by atoms with E-state index in [1.165, 1.54) is 5.56 Å². The van der Waals surface area contributed by atoms with Gasteiger partial charge in [-0.15, -0.1) is 11.6 Å². The zero-order valence-electron chi connectivity index (χ0n) is 12.0. The van der Waals surface area contributed by atoms with Crippen molar-refractivity contribution >= 4 is 27.5 Å². The molecular weight excluding hydrogens is 312 g/mol. The van der Waals surface area contributed by atoms with Gasteiger partial charge in [-0.3, -0.25) is 0 Å². The predicted octanol–water partition coefficient (Wildman–Crippen LogP) is 5.79. The van der Waals surface area contributed by atoms with Crippen LogP contribution in [0.5, 0.6) is 5.75 Å². The molecule has 1 atom stereocenters. The highest BCUT2D eigenvalue weighted by Gasteiger charge is 2.32. The first-order valence-corrected chi connectivity index (χ1v) is 7.46. The molecule has 1 rings (SSSR count). The normalized spacial score (nSPS) is 13.6. The molecule has 0 N–H and O–H groups in total. The quantitative estimate of drug-likeness (QED) is 0.634. The van der Waals surface area contributed by atoms with E-state index >= 15 is 0 Å². The number of benzene rings is 1. The highest BCUT2D eigenvalue weighted by molar-refractivity contribution is 9.10. The summed E-state index contributed by atoms with van der Waals surface area (Å²) < 4.78 is 6.66. The molecule has 1 nitrogen and oxygen atoms in total. The van der Waals surface area contributed by atoms with Gasteiger partial charge in [0.25, 0.3) is 0 Å². The summed E-state index contributed by atoms with van der Waals surface area (Å²) in [6.07, 6.45) is 1.02. The van der Waals surface area contributed by atoms with Gasteiger partial charge in [0.05, 0.1) is 12.5 Å². The van der Waals surface area contributed by atoms with Gasteiger partial charge < -0.3 is 4.74 Å². The van der Waals surface area contributed by atoms with Gasteiger partial charge in [-0.25, -0.2) is 0 Å². The number of alkyl halides is 1. The summed E-state index contributed by atoms with van der Waals surface area (Å²) in [5.74, 6) is 0.914. The van der Waals surface area contributed by atoms with Gasteiger partial charge in [0.2, 0.25) is 0 Å². The average molecular weight is 334 g/mol. The molecule has 0 heterocycles. The lowest BCUT2D eigenvalue weighted by atomic mass is 9.81. The van der Waals surface area contributed by atoms with Crippen LogP contribution in [0.4, 0.5) is 0 Å². The van der Waals surface area contributed by atoms with Gasteiger partial charge in [-0.2, -0.15) is 0 Å². The topological polar surface area (TPSA) is 9.23 Å². The second kappa shape index (κ2) is 5.83. The molecule has 0 aromatic heterocycles. The maximum Gasteiger partial charge on any atom is 0.126 e. The molecule has 0 spiro atoms. The monoisotopic (exact) mass is 332 g/mol. The van der Waals surface area contributed by atoms with Gasteiger partial charge in [-0.05, 0) is 42.9 Å². The van der Waals surface area contributed by atoms with E-state index in [9.17, 15) is 0 Å². The van der Waals surface area contributed by atoms with Crippen molar-refractivity contribution in [2.75, 3.05) is 7.11 Å². The van der Waals surface area contributed by atoms with E-state index in [-0.39, 0.29) is 10.8 Å². The number of halogens is 2. The Morgan fingerprint density at radius 3 is 2.39 bits per heavy atom. The molecule has 0 fully saturated rings. The van der Waals surface area contributed by atoms with Crippen molar-refractivity contribution in [2.24, 2.45) is 5.41 Å². The van der Waals surface area contributed by atoms with Crippen LogP contribution in [0.1, 0.15) is 49.3 Å². The molecule has 1 aromatic rings. The van der Waals surface area contributed by atoms with Gasteiger partial charge in [0.15, 0.2) is 0 Å². The summed E-state index contributed by atoms with van der Waals surface area (Å²) in [7, 11) is 1.71. The molecule has 0 aliphatic heterocycles. The van der Waals surface area contributed by atoms with Crippen LogP contribution in [0.2, 0.25) is 0 Å². The van der Waals surface area contributed by atoms with E-state index < -0.39 is 0 Å². The van der Waals surface area contributed by atoms with Crippen LogP contribution in [-0.2, 0) is 0 Å². The zero-order valence-corrected chi connectivity index (χ0v) is 14.4. The number of rotatable bonds is 4. The Bertz CT molecular complexity index is 441. The maximum absolute atomic E-state index is 6.73. The number of methoxy groups -OCH3 is 1. The Hall–Kier alpha value is -0.210. The van der Waals surface area contributed by atoms with E-state index in [1.54, 1.807) is 7.11 Å². The first kappa shape index (κ1) is 15.8. The van der Waals surface area contributed by atoms with Crippen molar-refractivity contribution in [1.82, 2.24) is 0 Å². The minimum Gasteiger partial charge on any atom is -0.496 e. The second-order valence-corrected chi connectivity index (χ2v) is 6.74. The molecule has 1 aromatic carbocycles.